The number of benzene rings is 3. The van der Waals surface area contributed by atoms with Crippen LogP contribution in [0.4, 0.5) is 8.78 Å². The molecule has 0 heterocycles. The molecular formula is C22H18F2N2O2. The molecular weight excluding hydrogens is 362 g/mol. The van der Waals surface area contributed by atoms with E-state index in [1.807, 2.05) is 0 Å². The van der Waals surface area contributed by atoms with Crippen molar-refractivity contribution in [2.24, 2.45) is 5.10 Å². The number of hydrazone groups is 1. The van der Waals surface area contributed by atoms with Crippen molar-refractivity contribution in [2.45, 2.75) is 13.0 Å². The second-order valence-corrected chi connectivity index (χ2v) is 6.05. The predicted molar refractivity (Wildman–Crippen MR) is 103 cm³/mol. The third-order valence-corrected chi connectivity index (χ3v) is 3.89. The lowest BCUT2D eigenvalue weighted by Crippen LogP contribution is -2.19. The molecule has 0 fully saturated rings. The van der Waals surface area contributed by atoms with E-state index in [0.717, 1.165) is 0 Å². The van der Waals surface area contributed by atoms with Gasteiger partial charge in [-0.2, -0.15) is 5.10 Å². The number of ether oxygens (including phenoxy) is 1. The van der Waals surface area contributed by atoms with Crippen LogP contribution in [0, 0.1) is 11.6 Å². The zero-order valence-corrected chi connectivity index (χ0v) is 14.9. The third kappa shape index (κ3) is 5.74. The normalized spacial score (nSPS) is 10.8. The average Bonchev–Trinajstić information content (AvgIpc) is 2.69. The standard InChI is InChI=1S/C22H18F2N2O2/c23-19-10-8-16(9-11-19)13-22(27)26-25-14-17-4-3-6-20(12-17)28-15-18-5-1-2-7-21(18)24/h1-12,14H,13,15H2,(H,26,27)/b25-14+. The molecule has 3 aromatic rings. The van der Waals surface area contributed by atoms with Gasteiger partial charge in [-0.05, 0) is 41.5 Å². The highest BCUT2D eigenvalue weighted by atomic mass is 19.1. The molecule has 0 radical (unpaired) electrons. The van der Waals surface area contributed by atoms with Crippen molar-refractivity contribution in [1.29, 1.82) is 0 Å². The topological polar surface area (TPSA) is 50.7 Å². The molecule has 6 heteroatoms. The van der Waals surface area contributed by atoms with Gasteiger partial charge in [-0.25, -0.2) is 14.2 Å². The predicted octanol–water partition coefficient (Wildman–Crippen LogP) is 4.24. The van der Waals surface area contributed by atoms with Crippen LogP contribution in [0.5, 0.6) is 5.75 Å². The Bertz CT molecular complexity index is 972. The zero-order chi connectivity index (χ0) is 19.8. The lowest BCUT2D eigenvalue weighted by molar-refractivity contribution is -0.120. The largest absolute Gasteiger partial charge is 0.489 e. The second kappa shape index (κ2) is 9.41. The summed E-state index contributed by atoms with van der Waals surface area (Å²) in [6.45, 7) is 0.113. The number of hydrogen-bond donors (Lipinski definition) is 1. The summed E-state index contributed by atoms with van der Waals surface area (Å²) in [4.78, 5) is 11.9. The molecule has 1 N–H and O–H groups in total. The third-order valence-electron chi connectivity index (χ3n) is 3.89. The first-order valence-electron chi connectivity index (χ1n) is 8.63. The lowest BCUT2D eigenvalue weighted by atomic mass is 10.1. The van der Waals surface area contributed by atoms with Gasteiger partial charge in [0, 0.05) is 5.56 Å². The van der Waals surface area contributed by atoms with Crippen molar-refractivity contribution in [3.63, 3.8) is 0 Å². The van der Waals surface area contributed by atoms with Gasteiger partial charge in [0.1, 0.15) is 24.0 Å². The van der Waals surface area contributed by atoms with Gasteiger partial charge in [0.2, 0.25) is 5.91 Å². The van der Waals surface area contributed by atoms with E-state index in [0.29, 0.717) is 22.4 Å². The Morgan fingerprint density at radius 2 is 1.79 bits per heavy atom. The molecule has 0 spiro atoms. The molecule has 0 aliphatic carbocycles. The number of carbonyl (C=O) groups excluding carboxylic acids is 1. The minimum atomic E-state index is -0.348. The Labute approximate surface area is 161 Å². The first-order valence-corrected chi connectivity index (χ1v) is 8.63. The van der Waals surface area contributed by atoms with E-state index in [1.54, 1.807) is 54.6 Å². The quantitative estimate of drug-likeness (QED) is 0.492. The molecule has 28 heavy (non-hydrogen) atoms. The summed E-state index contributed by atoms with van der Waals surface area (Å²) < 4.78 is 32.1. The minimum Gasteiger partial charge on any atom is -0.489 e. The molecule has 0 atom stereocenters. The van der Waals surface area contributed by atoms with E-state index in [2.05, 4.69) is 10.5 Å². The summed E-state index contributed by atoms with van der Waals surface area (Å²) in [5, 5.41) is 3.91. The maximum absolute atomic E-state index is 13.6. The average molecular weight is 380 g/mol. The van der Waals surface area contributed by atoms with Gasteiger partial charge in [0.05, 0.1) is 12.6 Å². The highest BCUT2D eigenvalue weighted by Gasteiger charge is 2.03. The van der Waals surface area contributed by atoms with E-state index in [9.17, 15) is 13.6 Å². The molecule has 142 valence electrons. The van der Waals surface area contributed by atoms with Crippen LogP contribution in [0.3, 0.4) is 0 Å². The molecule has 0 unspecified atom stereocenters. The molecule has 0 saturated heterocycles. The van der Waals surface area contributed by atoms with Gasteiger partial charge in [-0.1, -0.05) is 42.5 Å². The number of halogens is 2. The SMILES string of the molecule is O=C(Cc1ccc(F)cc1)N/N=C/c1cccc(OCc2ccccc2F)c1. The summed E-state index contributed by atoms with van der Waals surface area (Å²) in [5.74, 6) is -0.414. The van der Waals surface area contributed by atoms with Crippen molar-refractivity contribution in [3.8, 4) is 5.75 Å². The van der Waals surface area contributed by atoms with Crippen LogP contribution >= 0.6 is 0 Å². The fraction of sp³-hybridized carbons (Fsp3) is 0.0909. The molecule has 0 aliphatic heterocycles. The number of rotatable bonds is 7. The van der Waals surface area contributed by atoms with E-state index in [-0.39, 0.29) is 30.6 Å². The van der Waals surface area contributed by atoms with Crippen molar-refractivity contribution >= 4 is 12.1 Å². The van der Waals surface area contributed by atoms with Gasteiger partial charge in [0.25, 0.3) is 0 Å². The highest BCUT2D eigenvalue weighted by molar-refractivity contribution is 5.83. The van der Waals surface area contributed by atoms with Crippen LogP contribution in [0.1, 0.15) is 16.7 Å². The van der Waals surface area contributed by atoms with Crippen LogP contribution < -0.4 is 10.2 Å². The van der Waals surface area contributed by atoms with Gasteiger partial charge in [-0.15, -0.1) is 0 Å². The van der Waals surface area contributed by atoms with Crippen molar-refractivity contribution in [3.05, 3.63) is 101 Å². The van der Waals surface area contributed by atoms with Gasteiger partial charge < -0.3 is 4.74 Å². The first kappa shape index (κ1) is 19.2. The zero-order valence-electron chi connectivity index (χ0n) is 14.9. The van der Waals surface area contributed by atoms with Crippen LogP contribution in [0.2, 0.25) is 0 Å². The highest BCUT2D eigenvalue weighted by Crippen LogP contribution is 2.15. The lowest BCUT2D eigenvalue weighted by Gasteiger charge is -2.07. The molecule has 0 saturated carbocycles. The minimum absolute atomic E-state index is 0.101. The van der Waals surface area contributed by atoms with Crippen molar-refractivity contribution in [1.82, 2.24) is 5.43 Å². The Morgan fingerprint density at radius 1 is 1.00 bits per heavy atom. The van der Waals surface area contributed by atoms with Crippen LogP contribution in [-0.2, 0) is 17.8 Å². The molecule has 3 rings (SSSR count). The maximum atomic E-state index is 13.6. The summed E-state index contributed by atoms with van der Waals surface area (Å²) in [6.07, 6.45) is 1.59. The van der Waals surface area contributed by atoms with E-state index in [4.69, 9.17) is 4.74 Å². The van der Waals surface area contributed by atoms with Gasteiger partial charge >= 0.3 is 0 Å². The van der Waals surface area contributed by atoms with Gasteiger partial charge in [-0.3, -0.25) is 4.79 Å². The van der Waals surface area contributed by atoms with Gasteiger partial charge in [0.15, 0.2) is 0 Å². The van der Waals surface area contributed by atoms with Crippen LogP contribution in [-0.4, -0.2) is 12.1 Å². The van der Waals surface area contributed by atoms with E-state index in [1.165, 1.54) is 24.4 Å². The molecule has 4 nitrogen and oxygen atoms in total. The molecule has 1 amide bonds. The Balaban J connectivity index is 1.52. The number of amides is 1. The monoisotopic (exact) mass is 380 g/mol. The fourth-order valence-electron chi connectivity index (χ4n) is 2.47. The van der Waals surface area contributed by atoms with Crippen molar-refractivity contribution in [2.75, 3.05) is 0 Å². The fourth-order valence-corrected chi connectivity index (χ4v) is 2.47. The summed E-state index contributed by atoms with van der Waals surface area (Å²) >= 11 is 0. The summed E-state index contributed by atoms with van der Waals surface area (Å²) in [7, 11) is 0. The smallest absolute Gasteiger partial charge is 0.244 e. The number of carbonyl (C=O) groups is 1. The van der Waals surface area contributed by atoms with E-state index < -0.39 is 0 Å². The molecule has 0 aliphatic rings. The maximum Gasteiger partial charge on any atom is 0.244 e. The Kier molecular flexibility index (Phi) is 6.46. The Hall–Kier alpha value is -3.54. The second-order valence-electron chi connectivity index (χ2n) is 6.05. The Morgan fingerprint density at radius 3 is 2.57 bits per heavy atom. The van der Waals surface area contributed by atoms with Crippen molar-refractivity contribution < 1.29 is 18.3 Å². The van der Waals surface area contributed by atoms with Crippen LogP contribution in [0.15, 0.2) is 77.9 Å². The van der Waals surface area contributed by atoms with E-state index >= 15 is 0 Å². The molecule has 0 bridgehead atoms. The molecule has 3 aromatic carbocycles. The van der Waals surface area contributed by atoms with Crippen LogP contribution in [0.25, 0.3) is 0 Å². The number of hydrogen-bond acceptors (Lipinski definition) is 3. The first-order chi connectivity index (χ1) is 13.6. The number of nitrogens with zero attached hydrogens (tertiary/aromatic N) is 1. The molecule has 0 aromatic heterocycles. The summed E-state index contributed by atoms with van der Waals surface area (Å²) in [5.41, 5.74) is 4.30. The summed E-state index contributed by atoms with van der Waals surface area (Å²) in [6, 6.07) is 19.2. The number of nitrogens with one attached hydrogen (secondary N) is 1.